The minimum Gasteiger partial charge on any atom is -0.457 e. The van der Waals surface area contributed by atoms with Gasteiger partial charge in [-0.25, -0.2) is 0 Å². The van der Waals surface area contributed by atoms with Gasteiger partial charge in [0.1, 0.15) is 11.5 Å². The summed E-state index contributed by atoms with van der Waals surface area (Å²) in [6.07, 6.45) is 0. The topological polar surface area (TPSA) is 29.5 Å². The second-order valence-electron chi connectivity index (χ2n) is 5.54. The van der Waals surface area contributed by atoms with E-state index >= 15 is 0 Å². The Balaban J connectivity index is 2.32. The minimum absolute atomic E-state index is 0.0585. The third kappa shape index (κ3) is 3.20. The number of ether oxygens (including phenoxy) is 1. The molecule has 20 heavy (non-hydrogen) atoms. The molecule has 106 valence electrons. The number of hydrogen-bond donors (Lipinski definition) is 1. The van der Waals surface area contributed by atoms with Gasteiger partial charge in [-0.15, -0.1) is 0 Å². The van der Waals surface area contributed by atoms with Crippen LogP contribution in [0.5, 0.6) is 11.5 Å². The molecule has 2 heteroatoms. The fourth-order valence-corrected chi connectivity index (χ4v) is 2.13. The van der Waals surface area contributed by atoms with Crippen molar-refractivity contribution >= 4 is 0 Å². The van der Waals surface area contributed by atoms with Crippen LogP contribution in [-0.4, -0.2) is 5.11 Å². The third-order valence-electron chi connectivity index (χ3n) is 3.52. The summed E-state index contributed by atoms with van der Waals surface area (Å²) in [6, 6.07) is 12.1. The van der Waals surface area contributed by atoms with E-state index in [1.54, 1.807) is 0 Å². The zero-order valence-corrected chi connectivity index (χ0v) is 12.6. The standard InChI is InChI=1S/C18H22O2/c1-12(2)16-7-5-13(3)18(10-16)20-17-8-6-15(11-19)9-14(17)4/h5-10,12,19H,11H2,1-4H3. The van der Waals surface area contributed by atoms with Gasteiger partial charge in [-0.2, -0.15) is 0 Å². The highest BCUT2D eigenvalue weighted by molar-refractivity contribution is 5.44. The molecule has 0 saturated heterocycles. The molecule has 2 rings (SSSR count). The Labute approximate surface area is 121 Å². The number of hydrogen-bond acceptors (Lipinski definition) is 2. The van der Waals surface area contributed by atoms with Crippen molar-refractivity contribution in [2.45, 2.75) is 40.2 Å². The molecule has 2 aromatic carbocycles. The highest BCUT2D eigenvalue weighted by Gasteiger charge is 2.08. The van der Waals surface area contributed by atoms with E-state index < -0.39 is 0 Å². The Morgan fingerprint density at radius 3 is 2.30 bits per heavy atom. The lowest BCUT2D eigenvalue weighted by Crippen LogP contribution is -1.94. The second kappa shape index (κ2) is 6.10. The van der Waals surface area contributed by atoms with Gasteiger partial charge in [-0.3, -0.25) is 0 Å². The summed E-state index contributed by atoms with van der Waals surface area (Å²) in [4.78, 5) is 0. The van der Waals surface area contributed by atoms with Gasteiger partial charge >= 0.3 is 0 Å². The van der Waals surface area contributed by atoms with Crippen molar-refractivity contribution in [3.05, 3.63) is 58.7 Å². The van der Waals surface area contributed by atoms with Crippen molar-refractivity contribution in [1.29, 1.82) is 0 Å². The van der Waals surface area contributed by atoms with Crippen molar-refractivity contribution in [2.75, 3.05) is 0 Å². The molecular weight excluding hydrogens is 248 g/mol. The van der Waals surface area contributed by atoms with Gasteiger partial charge in [0.15, 0.2) is 0 Å². The van der Waals surface area contributed by atoms with E-state index in [4.69, 9.17) is 9.84 Å². The summed E-state index contributed by atoms with van der Waals surface area (Å²) < 4.78 is 6.05. The van der Waals surface area contributed by atoms with E-state index in [2.05, 4.69) is 39.0 Å². The molecule has 0 saturated carbocycles. The third-order valence-corrected chi connectivity index (χ3v) is 3.52. The maximum Gasteiger partial charge on any atom is 0.130 e. The van der Waals surface area contributed by atoms with Crippen LogP contribution in [-0.2, 0) is 6.61 Å². The van der Waals surface area contributed by atoms with E-state index in [1.165, 1.54) is 5.56 Å². The Kier molecular flexibility index (Phi) is 4.46. The fraction of sp³-hybridized carbons (Fsp3) is 0.333. The molecule has 2 aromatic rings. The Morgan fingerprint density at radius 1 is 0.950 bits per heavy atom. The van der Waals surface area contributed by atoms with Gasteiger partial charge in [0.05, 0.1) is 6.61 Å². The van der Waals surface area contributed by atoms with E-state index in [1.807, 2.05) is 25.1 Å². The normalized spacial score (nSPS) is 10.9. The van der Waals surface area contributed by atoms with Crippen molar-refractivity contribution in [3.63, 3.8) is 0 Å². The van der Waals surface area contributed by atoms with E-state index in [0.717, 1.165) is 28.2 Å². The van der Waals surface area contributed by atoms with E-state index in [-0.39, 0.29) is 6.61 Å². The maximum atomic E-state index is 9.14. The molecule has 0 spiro atoms. The lowest BCUT2D eigenvalue weighted by atomic mass is 10.0. The zero-order chi connectivity index (χ0) is 14.7. The van der Waals surface area contributed by atoms with Crippen LogP contribution in [0.1, 0.15) is 42.0 Å². The number of rotatable bonds is 4. The first-order valence-electron chi connectivity index (χ1n) is 7.00. The summed E-state index contributed by atoms with van der Waals surface area (Å²) in [5.41, 5.74) is 4.34. The molecule has 0 aliphatic carbocycles. The van der Waals surface area contributed by atoms with Crippen LogP contribution in [0.2, 0.25) is 0 Å². The minimum atomic E-state index is 0.0585. The molecule has 0 aliphatic heterocycles. The largest absolute Gasteiger partial charge is 0.457 e. The van der Waals surface area contributed by atoms with Crippen LogP contribution in [0.3, 0.4) is 0 Å². The molecule has 0 aromatic heterocycles. The number of aliphatic hydroxyl groups excluding tert-OH is 1. The first-order chi connectivity index (χ1) is 9.51. The monoisotopic (exact) mass is 270 g/mol. The average molecular weight is 270 g/mol. The predicted molar refractivity (Wildman–Crippen MR) is 82.4 cm³/mol. The highest BCUT2D eigenvalue weighted by Crippen LogP contribution is 2.30. The lowest BCUT2D eigenvalue weighted by molar-refractivity contribution is 0.281. The van der Waals surface area contributed by atoms with Crippen LogP contribution in [0.15, 0.2) is 36.4 Å². The van der Waals surface area contributed by atoms with E-state index in [0.29, 0.717) is 5.92 Å². The van der Waals surface area contributed by atoms with Gasteiger partial charge in [0.25, 0.3) is 0 Å². The first-order valence-corrected chi connectivity index (χ1v) is 7.00. The van der Waals surface area contributed by atoms with Gasteiger partial charge in [0.2, 0.25) is 0 Å². The zero-order valence-electron chi connectivity index (χ0n) is 12.6. The van der Waals surface area contributed by atoms with Crippen molar-refractivity contribution < 1.29 is 9.84 Å². The summed E-state index contributed by atoms with van der Waals surface area (Å²) in [6.45, 7) is 8.46. The summed E-state index contributed by atoms with van der Waals surface area (Å²) in [5.74, 6) is 2.22. The van der Waals surface area contributed by atoms with Gasteiger partial charge in [0, 0.05) is 0 Å². The molecule has 2 nitrogen and oxygen atoms in total. The van der Waals surface area contributed by atoms with Gasteiger partial charge in [-0.05, 0) is 54.2 Å². The van der Waals surface area contributed by atoms with Crippen molar-refractivity contribution in [1.82, 2.24) is 0 Å². The Hall–Kier alpha value is -1.80. The number of benzene rings is 2. The molecule has 0 bridgehead atoms. The van der Waals surface area contributed by atoms with Crippen LogP contribution >= 0.6 is 0 Å². The predicted octanol–water partition coefficient (Wildman–Crippen LogP) is 4.71. The molecule has 0 radical (unpaired) electrons. The van der Waals surface area contributed by atoms with Crippen molar-refractivity contribution in [2.24, 2.45) is 0 Å². The van der Waals surface area contributed by atoms with Crippen LogP contribution < -0.4 is 4.74 Å². The summed E-state index contributed by atoms with van der Waals surface area (Å²) in [7, 11) is 0. The summed E-state index contributed by atoms with van der Waals surface area (Å²) in [5, 5.41) is 9.14. The van der Waals surface area contributed by atoms with Crippen LogP contribution in [0.4, 0.5) is 0 Å². The van der Waals surface area contributed by atoms with Gasteiger partial charge in [-0.1, -0.05) is 38.1 Å². The molecule has 0 amide bonds. The van der Waals surface area contributed by atoms with E-state index in [9.17, 15) is 0 Å². The molecule has 0 atom stereocenters. The quantitative estimate of drug-likeness (QED) is 0.871. The van der Waals surface area contributed by atoms with Crippen LogP contribution in [0, 0.1) is 13.8 Å². The SMILES string of the molecule is Cc1cc(CO)ccc1Oc1cc(C(C)C)ccc1C. The average Bonchev–Trinajstić information content (AvgIpc) is 2.42. The molecular formula is C18H22O2. The first kappa shape index (κ1) is 14.6. The lowest BCUT2D eigenvalue weighted by Gasteiger charge is -2.14. The molecule has 0 fully saturated rings. The molecule has 0 unspecified atom stereocenters. The van der Waals surface area contributed by atoms with Gasteiger partial charge < -0.3 is 9.84 Å². The summed E-state index contributed by atoms with van der Waals surface area (Å²) >= 11 is 0. The number of aryl methyl sites for hydroxylation is 2. The number of aliphatic hydroxyl groups is 1. The smallest absolute Gasteiger partial charge is 0.130 e. The molecule has 0 aliphatic rings. The maximum absolute atomic E-state index is 9.14. The molecule has 0 heterocycles. The second-order valence-corrected chi connectivity index (χ2v) is 5.54. The fourth-order valence-electron chi connectivity index (χ4n) is 2.13. The van der Waals surface area contributed by atoms with Crippen molar-refractivity contribution in [3.8, 4) is 11.5 Å². The van der Waals surface area contributed by atoms with Crippen LogP contribution in [0.25, 0.3) is 0 Å². The Morgan fingerprint density at radius 2 is 1.70 bits per heavy atom. The molecule has 1 N–H and O–H groups in total. The Bertz CT molecular complexity index is 600. The highest BCUT2D eigenvalue weighted by atomic mass is 16.5.